The van der Waals surface area contributed by atoms with Gasteiger partial charge >= 0.3 is 0 Å². The summed E-state index contributed by atoms with van der Waals surface area (Å²) in [4.78, 5) is 0. The van der Waals surface area contributed by atoms with Crippen molar-refractivity contribution in [2.45, 2.75) is 55.9 Å². The van der Waals surface area contributed by atoms with Crippen LogP contribution in [0.4, 0.5) is 0 Å². The van der Waals surface area contributed by atoms with Crippen LogP contribution in [0.5, 0.6) is 0 Å². The Kier molecular flexibility index (Phi) is 5.20. The number of thioether (sulfide) groups is 1. The fourth-order valence-corrected chi connectivity index (χ4v) is 6.18. The van der Waals surface area contributed by atoms with Gasteiger partial charge in [-0.15, -0.1) is 0 Å². The molecule has 0 aromatic heterocycles. The molecule has 0 bridgehead atoms. The lowest BCUT2D eigenvalue weighted by Gasteiger charge is -2.43. The smallest absolute Gasteiger partial charge is 0.153 e. The van der Waals surface area contributed by atoms with Crippen LogP contribution in [0.3, 0.4) is 0 Å². The van der Waals surface area contributed by atoms with Crippen molar-refractivity contribution in [3.05, 3.63) is 0 Å². The van der Waals surface area contributed by atoms with E-state index >= 15 is 0 Å². The minimum Gasteiger partial charge on any atom is -0.375 e. The third-order valence-electron chi connectivity index (χ3n) is 4.22. The maximum absolute atomic E-state index is 12.4. The molecule has 2 heterocycles. The van der Waals surface area contributed by atoms with Crippen molar-refractivity contribution < 1.29 is 13.2 Å². The Hall–Kier alpha value is 0.220. The third-order valence-corrected chi connectivity index (χ3v) is 7.43. The number of ether oxygens (including phenoxy) is 1. The van der Waals surface area contributed by atoms with Crippen molar-refractivity contribution in [3.8, 4) is 0 Å². The van der Waals surface area contributed by atoms with E-state index in [9.17, 15) is 8.42 Å². The van der Waals surface area contributed by atoms with Crippen molar-refractivity contribution in [2.24, 2.45) is 5.73 Å². The van der Waals surface area contributed by atoms with Crippen LogP contribution in [0.15, 0.2) is 0 Å². The Morgan fingerprint density at radius 1 is 1.42 bits per heavy atom. The minimum absolute atomic E-state index is 0.0466. The first-order valence-electron chi connectivity index (χ1n) is 7.12. The highest BCUT2D eigenvalue weighted by molar-refractivity contribution is 7.99. The Morgan fingerprint density at radius 3 is 2.74 bits per heavy atom. The summed E-state index contributed by atoms with van der Waals surface area (Å²) >= 11 is 1.94. The van der Waals surface area contributed by atoms with E-state index < -0.39 is 9.84 Å². The molecule has 0 aromatic rings. The van der Waals surface area contributed by atoms with Gasteiger partial charge in [0.05, 0.1) is 16.6 Å². The van der Waals surface area contributed by atoms with Gasteiger partial charge in [0, 0.05) is 12.6 Å². The van der Waals surface area contributed by atoms with Crippen LogP contribution in [0.1, 0.15) is 39.0 Å². The number of hydrogen-bond donors (Lipinski definition) is 1. The molecule has 2 unspecified atom stereocenters. The van der Waals surface area contributed by atoms with Gasteiger partial charge in [0.25, 0.3) is 0 Å². The molecule has 0 aliphatic carbocycles. The van der Waals surface area contributed by atoms with Gasteiger partial charge in [0.1, 0.15) is 0 Å². The average Bonchev–Trinajstić information content (AvgIpc) is 2.37. The van der Waals surface area contributed by atoms with E-state index in [1.165, 1.54) is 0 Å². The first kappa shape index (κ1) is 15.6. The van der Waals surface area contributed by atoms with Crippen LogP contribution < -0.4 is 5.73 Å². The molecule has 2 fully saturated rings. The summed E-state index contributed by atoms with van der Waals surface area (Å²) in [5, 5.41) is -0.219. The summed E-state index contributed by atoms with van der Waals surface area (Å²) in [5.41, 5.74) is 5.52. The first-order valence-corrected chi connectivity index (χ1v) is 9.99. The van der Waals surface area contributed by atoms with Gasteiger partial charge in [0.15, 0.2) is 9.84 Å². The topological polar surface area (TPSA) is 69.4 Å². The van der Waals surface area contributed by atoms with Crippen LogP contribution >= 0.6 is 11.8 Å². The summed E-state index contributed by atoms with van der Waals surface area (Å²) in [5.74, 6) is 2.40. The molecule has 0 amide bonds. The number of sulfone groups is 1. The lowest BCUT2D eigenvalue weighted by molar-refractivity contribution is -0.0813. The third kappa shape index (κ3) is 4.09. The molecule has 1 spiro atoms. The molecule has 0 aromatic carbocycles. The SMILES string of the molecule is CC(N)CCS(=O)(=O)C1CCOC2(CCSCC2)C1. The molecule has 2 aliphatic rings. The van der Waals surface area contributed by atoms with E-state index in [2.05, 4.69) is 0 Å². The molecule has 2 N–H and O–H groups in total. The van der Waals surface area contributed by atoms with Gasteiger partial charge in [-0.25, -0.2) is 8.42 Å². The lowest BCUT2D eigenvalue weighted by atomic mass is 9.88. The standard InChI is InChI=1S/C13H25NO3S2/c1-11(14)3-9-19(15,16)12-2-6-17-13(10-12)4-7-18-8-5-13/h11-12H,2-10,14H2,1H3. The zero-order chi connectivity index (χ0) is 13.9. The highest BCUT2D eigenvalue weighted by Gasteiger charge is 2.42. The zero-order valence-electron chi connectivity index (χ0n) is 11.6. The Morgan fingerprint density at radius 2 is 2.11 bits per heavy atom. The molecule has 112 valence electrons. The predicted octanol–water partition coefficient (Wildman–Crippen LogP) is 1.58. The quantitative estimate of drug-likeness (QED) is 0.854. The maximum atomic E-state index is 12.4. The van der Waals surface area contributed by atoms with Gasteiger partial charge in [-0.3, -0.25) is 0 Å². The van der Waals surface area contributed by atoms with Crippen molar-refractivity contribution >= 4 is 21.6 Å². The van der Waals surface area contributed by atoms with Gasteiger partial charge in [0.2, 0.25) is 0 Å². The molecular formula is C13H25NO3S2. The largest absolute Gasteiger partial charge is 0.375 e. The highest BCUT2D eigenvalue weighted by atomic mass is 32.2. The number of nitrogens with two attached hydrogens (primary N) is 1. The minimum atomic E-state index is -3.02. The molecular weight excluding hydrogens is 282 g/mol. The van der Waals surface area contributed by atoms with Gasteiger partial charge in [-0.1, -0.05) is 0 Å². The number of hydrogen-bond acceptors (Lipinski definition) is 5. The summed E-state index contributed by atoms with van der Waals surface area (Å²) < 4.78 is 30.8. The molecule has 0 radical (unpaired) electrons. The van der Waals surface area contributed by atoms with Crippen LogP contribution in [0, 0.1) is 0 Å². The van der Waals surface area contributed by atoms with Crippen LogP contribution in [-0.4, -0.2) is 49.2 Å². The molecule has 2 saturated heterocycles. The second-order valence-corrected chi connectivity index (χ2v) is 9.52. The molecule has 19 heavy (non-hydrogen) atoms. The van der Waals surface area contributed by atoms with E-state index in [1.807, 2.05) is 18.7 Å². The fourth-order valence-electron chi connectivity index (χ4n) is 2.90. The normalized spacial score (nSPS) is 29.3. The van der Waals surface area contributed by atoms with Crippen molar-refractivity contribution in [2.75, 3.05) is 23.9 Å². The zero-order valence-corrected chi connectivity index (χ0v) is 13.3. The van der Waals surface area contributed by atoms with E-state index in [4.69, 9.17) is 10.5 Å². The monoisotopic (exact) mass is 307 g/mol. The molecule has 6 heteroatoms. The average molecular weight is 307 g/mol. The Bertz CT molecular complexity index is 383. The van der Waals surface area contributed by atoms with Gasteiger partial charge < -0.3 is 10.5 Å². The van der Waals surface area contributed by atoms with E-state index in [1.54, 1.807) is 0 Å². The summed E-state index contributed by atoms with van der Waals surface area (Å²) in [6.45, 7) is 2.45. The molecule has 4 nitrogen and oxygen atoms in total. The van der Waals surface area contributed by atoms with E-state index in [-0.39, 0.29) is 22.6 Å². The second kappa shape index (κ2) is 6.33. The van der Waals surface area contributed by atoms with Crippen molar-refractivity contribution in [1.82, 2.24) is 0 Å². The Balaban J connectivity index is 2.00. The summed E-state index contributed by atoms with van der Waals surface area (Å²) in [7, 11) is -3.02. The molecule has 0 saturated carbocycles. The maximum Gasteiger partial charge on any atom is 0.153 e. The van der Waals surface area contributed by atoms with Crippen LogP contribution in [-0.2, 0) is 14.6 Å². The highest BCUT2D eigenvalue weighted by Crippen LogP contribution is 2.39. The van der Waals surface area contributed by atoms with Crippen LogP contribution in [0.25, 0.3) is 0 Å². The first-order chi connectivity index (χ1) is 8.94. The molecule has 2 atom stereocenters. The number of rotatable bonds is 4. The van der Waals surface area contributed by atoms with Gasteiger partial charge in [-0.05, 0) is 50.5 Å². The predicted molar refractivity (Wildman–Crippen MR) is 80.3 cm³/mol. The van der Waals surface area contributed by atoms with E-state index in [0.717, 1.165) is 24.3 Å². The molecule has 2 rings (SSSR count). The summed E-state index contributed by atoms with van der Waals surface area (Å²) in [6, 6.07) is -0.0466. The fraction of sp³-hybridized carbons (Fsp3) is 1.00. The summed E-state index contributed by atoms with van der Waals surface area (Å²) in [6.07, 6.45) is 3.89. The van der Waals surface area contributed by atoms with Crippen molar-refractivity contribution in [3.63, 3.8) is 0 Å². The van der Waals surface area contributed by atoms with E-state index in [0.29, 0.717) is 25.9 Å². The van der Waals surface area contributed by atoms with Crippen molar-refractivity contribution in [1.29, 1.82) is 0 Å². The van der Waals surface area contributed by atoms with Crippen LogP contribution in [0.2, 0.25) is 0 Å². The van der Waals surface area contributed by atoms with Gasteiger partial charge in [-0.2, -0.15) is 11.8 Å². The Labute approximate surface area is 120 Å². The second-order valence-electron chi connectivity index (χ2n) is 5.89. The molecule has 2 aliphatic heterocycles. The lowest BCUT2D eigenvalue weighted by Crippen LogP contribution is -2.47.